The van der Waals surface area contributed by atoms with Gasteiger partial charge in [0.1, 0.15) is 11.5 Å². The summed E-state index contributed by atoms with van der Waals surface area (Å²) in [6.07, 6.45) is 0. The average molecular weight is 375 g/mol. The van der Waals surface area contributed by atoms with E-state index < -0.39 is 0 Å². The Balaban J connectivity index is 1.51. The summed E-state index contributed by atoms with van der Waals surface area (Å²) < 4.78 is 5.42. The standard InChI is InChI=1S/C21H17N3O2S/c1-2-26-15-11-9-14(10-12-15)22-21(27)24-23-19-16-7-3-5-13-6-4-8-17(18(13)16)20(19)25/h3-12H,2H2,1H3,(H2,22,24,27). The minimum absolute atomic E-state index is 0.0989. The van der Waals surface area contributed by atoms with Gasteiger partial charge in [-0.15, -0.1) is 0 Å². The van der Waals surface area contributed by atoms with Crippen molar-refractivity contribution in [2.24, 2.45) is 5.10 Å². The number of ether oxygens (including phenoxy) is 1. The van der Waals surface area contributed by atoms with E-state index in [9.17, 15) is 4.79 Å². The monoisotopic (exact) mass is 375 g/mol. The molecule has 134 valence electrons. The maximum absolute atomic E-state index is 12.7. The SMILES string of the molecule is CCOc1ccc(NC(=S)NN=C2C(=O)c3cccc4cccc2c34)cc1. The number of thiocarbonyl (C=S) groups is 1. The normalized spacial score (nSPS) is 13.8. The lowest BCUT2D eigenvalue weighted by Gasteiger charge is -2.09. The predicted molar refractivity (Wildman–Crippen MR) is 112 cm³/mol. The number of ketones is 1. The molecule has 1 aliphatic rings. The number of nitrogens with one attached hydrogen (secondary N) is 2. The molecule has 0 heterocycles. The number of hydrazone groups is 1. The molecular weight excluding hydrogens is 358 g/mol. The van der Waals surface area contributed by atoms with E-state index in [1.807, 2.05) is 67.6 Å². The van der Waals surface area contributed by atoms with Crippen molar-refractivity contribution in [3.8, 4) is 5.75 Å². The number of hydrogen-bond acceptors (Lipinski definition) is 4. The van der Waals surface area contributed by atoms with E-state index in [2.05, 4.69) is 15.8 Å². The smallest absolute Gasteiger partial charge is 0.214 e. The van der Waals surface area contributed by atoms with E-state index in [1.165, 1.54) is 0 Å². The first-order chi connectivity index (χ1) is 13.2. The van der Waals surface area contributed by atoms with Crippen LogP contribution in [0.25, 0.3) is 10.8 Å². The van der Waals surface area contributed by atoms with Gasteiger partial charge in [-0.2, -0.15) is 5.10 Å². The fraction of sp³-hybridized carbons (Fsp3) is 0.0952. The van der Waals surface area contributed by atoms with Gasteiger partial charge in [0, 0.05) is 22.2 Å². The molecule has 0 spiro atoms. The highest BCUT2D eigenvalue weighted by Gasteiger charge is 2.28. The molecule has 0 fully saturated rings. The number of benzene rings is 3. The Morgan fingerprint density at radius 3 is 2.44 bits per heavy atom. The maximum atomic E-state index is 12.7. The van der Waals surface area contributed by atoms with Crippen molar-refractivity contribution in [1.82, 2.24) is 5.43 Å². The molecule has 6 heteroatoms. The van der Waals surface area contributed by atoms with Gasteiger partial charge in [0.05, 0.1) is 6.61 Å². The number of anilines is 1. The second-order valence-corrected chi connectivity index (χ2v) is 6.43. The molecule has 0 radical (unpaired) electrons. The fourth-order valence-electron chi connectivity index (χ4n) is 3.16. The number of carbonyl (C=O) groups is 1. The summed E-state index contributed by atoms with van der Waals surface area (Å²) in [4.78, 5) is 12.7. The third kappa shape index (κ3) is 3.27. The number of rotatable bonds is 4. The number of Topliss-reactive ketones (excluding diaryl/α,β-unsaturated/α-hetero) is 1. The van der Waals surface area contributed by atoms with E-state index in [1.54, 1.807) is 0 Å². The topological polar surface area (TPSA) is 62.7 Å². The van der Waals surface area contributed by atoms with Gasteiger partial charge in [0.15, 0.2) is 5.11 Å². The van der Waals surface area contributed by atoms with Gasteiger partial charge < -0.3 is 10.1 Å². The summed E-state index contributed by atoms with van der Waals surface area (Å²) >= 11 is 5.29. The zero-order chi connectivity index (χ0) is 18.8. The Hall–Kier alpha value is -3.25. The summed E-state index contributed by atoms with van der Waals surface area (Å²) in [7, 11) is 0. The van der Waals surface area contributed by atoms with Crippen LogP contribution in [0.1, 0.15) is 22.8 Å². The summed E-state index contributed by atoms with van der Waals surface area (Å²) in [5, 5.41) is 9.59. The first-order valence-electron chi connectivity index (χ1n) is 8.61. The van der Waals surface area contributed by atoms with Gasteiger partial charge >= 0.3 is 0 Å². The van der Waals surface area contributed by atoms with Crippen molar-refractivity contribution in [2.45, 2.75) is 6.92 Å². The summed E-state index contributed by atoms with van der Waals surface area (Å²) in [6, 6.07) is 19.0. The molecule has 5 nitrogen and oxygen atoms in total. The third-order valence-corrected chi connectivity index (χ3v) is 4.51. The molecule has 4 rings (SSSR count). The first kappa shape index (κ1) is 17.2. The number of nitrogens with zero attached hydrogens (tertiary/aromatic N) is 1. The van der Waals surface area contributed by atoms with Crippen molar-refractivity contribution in [3.63, 3.8) is 0 Å². The number of carbonyl (C=O) groups excluding carboxylic acids is 1. The quantitative estimate of drug-likeness (QED) is 0.530. The molecule has 0 unspecified atom stereocenters. The molecule has 0 saturated heterocycles. The number of hydrogen-bond donors (Lipinski definition) is 2. The van der Waals surface area contributed by atoms with Crippen LogP contribution in [0.2, 0.25) is 0 Å². The Labute approximate surface area is 162 Å². The molecule has 1 aliphatic carbocycles. The van der Waals surface area contributed by atoms with Crippen LogP contribution in [0.4, 0.5) is 5.69 Å². The summed E-state index contributed by atoms with van der Waals surface area (Å²) in [6.45, 7) is 2.56. The average Bonchev–Trinajstić information content (AvgIpc) is 2.96. The van der Waals surface area contributed by atoms with Crippen LogP contribution < -0.4 is 15.5 Å². The fourth-order valence-corrected chi connectivity index (χ4v) is 3.32. The van der Waals surface area contributed by atoms with Crippen LogP contribution >= 0.6 is 12.2 Å². The van der Waals surface area contributed by atoms with Gasteiger partial charge in [0.2, 0.25) is 5.78 Å². The third-order valence-electron chi connectivity index (χ3n) is 4.31. The van der Waals surface area contributed by atoms with E-state index in [0.717, 1.165) is 27.8 Å². The second kappa shape index (κ2) is 7.17. The lowest BCUT2D eigenvalue weighted by Crippen LogP contribution is -2.26. The maximum Gasteiger partial charge on any atom is 0.214 e. The summed E-state index contributed by atoms with van der Waals surface area (Å²) in [5.41, 5.74) is 5.45. The first-order valence-corrected chi connectivity index (χ1v) is 9.02. The van der Waals surface area contributed by atoms with Gasteiger partial charge in [-0.05, 0) is 48.8 Å². The predicted octanol–water partition coefficient (Wildman–Crippen LogP) is 4.13. The van der Waals surface area contributed by atoms with E-state index in [-0.39, 0.29) is 5.78 Å². The molecule has 27 heavy (non-hydrogen) atoms. The Morgan fingerprint density at radius 1 is 1.04 bits per heavy atom. The van der Waals surface area contributed by atoms with Gasteiger partial charge in [-0.25, -0.2) is 0 Å². The molecule has 0 amide bonds. The zero-order valence-corrected chi connectivity index (χ0v) is 15.5. The molecule has 0 aliphatic heterocycles. The highest BCUT2D eigenvalue weighted by molar-refractivity contribution is 7.80. The molecule has 3 aromatic carbocycles. The van der Waals surface area contributed by atoms with Crippen molar-refractivity contribution < 1.29 is 9.53 Å². The zero-order valence-electron chi connectivity index (χ0n) is 14.7. The highest BCUT2D eigenvalue weighted by atomic mass is 32.1. The van der Waals surface area contributed by atoms with Gasteiger partial charge in [0.25, 0.3) is 0 Å². The van der Waals surface area contributed by atoms with Gasteiger partial charge in [-0.1, -0.05) is 36.4 Å². The minimum atomic E-state index is -0.0989. The van der Waals surface area contributed by atoms with Crippen LogP contribution in [0, 0.1) is 0 Å². The van der Waals surface area contributed by atoms with Crippen molar-refractivity contribution in [2.75, 3.05) is 11.9 Å². The Morgan fingerprint density at radius 2 is 1.74 bits per heavy atom. The van der Waals surface area contributed by atoms with Crippen LogP contribution in [0.3, 0.4) is 0 Å². The van der Waals surface area contributed by atoms with Crippen molar-refractivity contribution >= 4 is 45.3 Å². The molecule has 0 atom stereocenters. The van der Waals surface area contributed by atoms with E-state index in [4.69, 9.17) is 17.0 Å². The lowest BCUT2D eigenvalue weighted by molar-refractivity contribution is 0.106. The second-order valence-electron chi connectivity index (χ2n) is 6.02. The van der Waals surface area contributed by atoms with Crippen LogP contribution in [0.15, 0.2) is 65.8 Å². The van der Waals surface area contributed by atoms with E-state index in [0.29, 0.717) is 23.0 Å². The highest BCUT2D eigenvalue weighted by Crippen LogP contribution is 2.30. The lowest BCUT2D eigenvalue weighted by atomic mass is 10.1. The summed E-state index contributed by atoms with van der Waals surface area (Å²) in [5.74, 6) is 0.697. The molecular formula is C21H17N3O2S. The molecule has 0 saturated carbocycles. The Kier molecular flexibility index (Phi) is 4.56. The molecule has 3 aromatic rings. The van der Waals surface area contributed by atoms with Crippen LogP contribution in [-0.4, -0.2) is 23.2 Å². The van der Waals surface area contributed by atoms with Crippen LogP contribution in [0.5, 0.6) is 5.75 Å². The van der Waals surface area contributed by atoms with Gasteiger partial charge in [-0.3, -0.25) is 10.2 Å². The van der Waals surface area contributed by atoms with E-state index >= 15 is 0 Å². The molecule has 0 aromatic heterocycles. The minimum Gasteiger partial charge on any atom is -0.494 e. The molecule has 0 bridgehead atoms. The largest absolute Gasteiger partial charge is 0.494 e. The molecule has 2 N–H and O–H groups in total. The van der Waals surface area contributed by atoms with Crippen molar-refractivity contribution in [3.05, 3.63) is 71.8 Å². The Bertz CT molecular complexity index is 1070. The van der Waals surface area contributed by atoms with Crippen molar-refractivity contribution in [1.29, 1.82) is 0 Å². The van der Waals surface area contributed by atoms with Crippen LogP contribution in [-0.2, 0) is 0 Å².